The van der Waals surface area contributed by atoms with E-state index in [2.05, 4.69) is 30.0 Å². The van der Waals surface area contributed by atoms with Crippen LogP contribution in [-0.2, 0) is 17.1 Å². The average Bonchev–Trinajstić information content (AvgIpc) is 3.33. The summed E-state index contributed by atoms with van der Waals surface area (Å²) in [5.74, 6) is 0.425. The van der Waals surface area contributed by atoms with Gasteiger partial charge in [0.2, 0.25) is 11.8 Å². The molecule has 198 valence electrons. The number of hydrogen-bond donors (Lipinski definition) is 2. The Morgan fingerprint density at radius 2 is 1.79 bits per heavy atom. The minimum absolute atomic E-state index is 0.00455. The summed E-state index contributed by atoms with van der Waals surface area (Å²) >= 11 is 6.60. The second-order valence-corrected chi connectivity index (χ2v) is 11.2. The number of nitrogens with zero attached hydrogens (tertiary/aromatic N) is 5. The molecule has 3 heterocycles. The highest BCUT2D eigenvalue weighted by atomic mass is 35.5. The van der Waals surface area contributed by atoms with Crippen molar-refractivity contribution in [2.24, 2.45) is 7.05 Å². The van der Waals surface area contributed by atoms with Crippen LogP contribution in [0.5, 0.6) is 11.6 Å². The van der Waals surface area contributed by atoms with Gasteiger partial charge in [0.25, 0.3) is 10.0 Å². The Morgan fingerprint density at radius 1 is 1.05 bits per heavy atom. The summed E-state index contributed by atoms with van der Waals surface area (Å²) in [6.07, 6.45) is 2.66. The third kappa shape index (κ3) is 5.59. The first-order chi connectivity index (χ1) is 18.2. The molecule has 1 saturated heterocycles. The van der Waals surface area contributed by atoms with E-state index in [1.54, 1.807) is 19.2 Å². The molecule has 0 atom stereocenters. The van der Waals surface area contributed by atoms with Gasteiger partial charge in [-0.1, -0.05) is 29.8 Å². The van der Waals surface area contributed by atoms with E-state index in [4.69, 9.17) is 16.3 Å². The lowest BCUT2D eigenvalue weighted by Gasteiger charge is -2.29. The zero-order chi connectivity index (χ0) is 26.9. The summed E-state index contributed by atoms with van der Waals surface area (Å²) in [5, 5.41) is 7.70. The van der Waals surface area contributed by atoms with Crippen molar-refractivity contribution in [3.8, 4) is 22.9 Å². The zero-order valence-corrected chi connectivity index (χ0v) is 22.8. The molecule has 38 heavy (non-hydrogen) atoms. The smallest absolute Gasteiger partial charge is 0.267 e. The lowest BCUT2D eigenvalue weighted by atomic mass is 10.00. The number of anilines is 2. The summed E-state index contributed by atoms with van der Waals surface area (Å²) in [7, 11) is -2.34. The number of halogens is 1. The number of piperazine rings is 1. The number of hydrogen-bond acceptors (Lipinski definition) is 8. The molecule has 1 aliphatic rings. The quantitative estimate of drug-likeness (QED) is 0.351. The number of sulfonamides is 1. The fourth-order valence-corrected chi connectivity index (χ4v) is 5.53. The van der Waals surface area contributed by atoms with Gasteiger partial charge >= 0.3 is 0 Å². The van der Waals surface area contributed by atoms with Crippen molar-refractivity contribution in [1.82, 2.24) is 25.1 Å². The third-order valence-electron chi connectivity index (χ3n) is 6.27. The van der Waals surface area contributed by atoms with Crippen molar-refractivity contribution in [1.29, 1.82) is 0 Å². The first-order valence-corrected chi connectivity index (χ1v) is 14.0. The molecule has 2 N–H and O–H groups in total. The van der Waals surface area contributed by atoms with Gasteiger partial charge in [0.15, 0.2) is 0 Å². The van der Waals surface area contributed by atoms with Crippen LogP contribution in [-0.4, -0.2) is 54.3 Å². The molecule has 10 nitrogen and oxygen atoms in total. The summed E-state index contributed by atoms with van der Waals surface area (Å²) in [4.78, 5) is 11.1. The predicted molar refractivity (Wildman–Crippen MR) is 148 cm³/mol. The number of aryl methyl sites for hydroxylation is 3. The van der Waals surface area contributed by atoms with Crippen LogP contribution in [0.3, 0.4) is 0 Å². The van der Waals surface area contributed by atoms with Crippen molar-refractivity contribution in [3.63, 3.8) is 0 Å². The molecule has 5 rings (SSSR count). The summed E-state index contributed by atoms with van der Waals surface area (Å²) in [6, 6.07) is 13.2. The fraction of sp³-hybridized carbons (Fsp3) is 0.269. The molecule has 0 amide bonds. The van der Waals surface area contributed by atoms with Gasteiger partial charge in [-0.05, 0) is 43.2 Å². The molecule has 0 bridgehead atoms. The minimum atomic E-state index is -3.98. The van der Waals surface area contributed by atoms with Crippen LogP contribution in [0.4, 0.5) is 11.6 Å². The highest BCUT2D eigenvalue weighted by molar-refractivity contribution is 7.92. The molecule has 4 aromatic rings. The number of aromatic nitrogens is 4. The van der Waals surface area contributed by atoms with E-state index in [-0.39, 0.29) is 16.7 Å². The number of ether oxygens (including phenoxy) is 1. The topological polar surface area (TPSA) is 114 Å². The van der Waals surface area contributed by atoms with Crippen molar-refractivity contribution in [2.45, 2.75) is 18.7 Å². The van der Waals surface area contributed by atoms with Crippen molar-refractivity contribution >= 4 is 33.3 Å². The van der Waals surface area contributed by atoms with E-state index in [1.807, 2.05) is 44.2 Å². The van der Waals surface area contributed by atoms with Crippen LogP contribution in [0.25, 0.3) is 11.3 Å². The van der Waals surface area contributed by atoms with E-state index >= 15 is 0 Å². The lowest BCUT2D eigenvalue weighted by molar-refractivity contribution is 0.463. The van der Waals surface area contributed by atoms with Crippen LogP contribution in [0.1, 0.15) is 11.1 Å². The molecule has 1 fully saturated rings. The van der Waals surface area contributed by atoms with Crippen LogP contribution >= 0.6 is 11.6 Å². The minimum Gasteiger partial charge on any atom is -0.437 e. The second-order valence-electron chi connectivity index (χ2n) is 9.09. The second kappa shape index (κ2) is 10.6. The zero-order valence-electron chi connectivity index (χ0n) is 21.3. The average molecular weight is 554 g/mol. The molecule has 0 radical (unpaired) electrons. The summed E-state index contributed by atoms with van der Waals surface area (Å²) in [6.45, 7) is 7.54. The Labute approximate surface area is 226 Å². The van der Waals surface area contributed by atoms with Gasteiger partial charge in [0.05, 0.1) is 16.9 Å². The Hall–Kier alpha value is -3.67. The SMILES string of the molecule is Cc1cccc(C)c1-c1cc(Oc2ccc(N3CCNCC3)cc2Cl)nc(NS(=O)(=O)c2cnn(C)c2)n1. The van der Waals surface area contributed by atoms with Gasteiger partial charge in [0.1, 0.15) is 10.6 Å². The highest BCUT2D eigenvalue weighted by Gasteiger charge is 2.21. The summed E-state index contributed by atoms with van der Waals surface area (Å²) < 4.78 is 35.9. The largest absolute Gasteiger partial charge is 0.437 e. The molecule has 1 aliphatic heterocycles. The first kappa shape index (κ1) is 26.0. The van der Waals surface area contributed by atoms with Gasteiger partial charge in [-0.3, -0.25) is 4.68 Å². The maximum Gasteiger partial charge on any atom is 0.267 e. The molecule has 2 aromatic carbocycles. The van der Waals surface area contributed by atoms with Crippen molar-refractivity contribution in [3.05, 3.63) is 71.0 Å². The maximum absolute atomic E-state index is 13.0. The molecular formula is C26H28ClN7O3S. The summed E-state index contributed by atoms with van der Waals surface area (Å²) in [5.41, 5.74) is 4.35. The Bertz CT molecular complexity index is 1560. The van der Waals surface area contributed by atoms with Crippen LogP contribution in [0.2, 0.25) is 5.02 Å². The van der Waals surface area contributed by atoms with Gasteiger partial charge in [-0.15, -0.1) is 0 Å². The highest BCUT2D eigenvalue weighted by Crippen LogP contribution is 2.35. The van der Waals surface area contributed by atoms with E-state index in [0.717, 1.165) is 48.6 Å². The first-order valence-electron chi connectivity index (χ1n) is 12.1. The number of benzene rings is 2. The monoisotopic (exact) mass is 553 g/mol. The van der Waals surface area contributed by atoms with Crippen LogP contribution < -0.4 is 19.7 Å². The Kier molecular flexibility index (Phi) is 7.24. The van der Waals surface area contributed by atoms with Gasteiger partial charge < -0.3 is 15.0 Å². The van der Waals surface area contributed by atoms with E-state index < -0.39 is 10.0 Å². The van der Waals surface area contributed by atoms with E-state index in [1.165, 1.54) is 17.1 Å². The Balaban J connectivity index is 1.52. The van der Waals surface area contributed by atoms with Gasteiger partial charge in [0, 0.05) is 56.7 Å². The lowest BCUT2D eigenvalue weighted by Crippen LogP contribution is -2.43. The van der Waals surface area contributed by atoms with E-state index in [0.29, 0.717) is 16.5 Å². The normalized spacial score (nSPS) is 13.9. The molecular weight excluding hydrogens is 526 g/mol. The third-order valence-corrected chi connectivity index (χ3v) is 7.85. The fourth-order valence-electron chi connectivity index (χ4n) is 4.39. The van der Waals surface area contributed by atoms with Crippen LogP contribution in [0, 0.1) is 13.8 Å². The molecule has 0 unspecified atom stereocenters. The standard InChI is InChI=1S/C26H28ClN7O3S/c1-17-5-4-6-18(2)25(17)22-14-24(31-26(30-22)32-38(35,36)20-15-29-33(3)16-20)37-23-8-7-19(13-21(23)27)34-11-9-28-10-12-34/h4-8,13-16,28H,9-12H2,1-3H3,(H,30,31,32). The Morgan fingerprint density at radius 3 is 2.45 bits per heavy atom. The maximum atomic E-state index is 13.0. The molecule has 0 saturated carbocycles. The molecule has 0 spiro atoms. The van der Waals surface area contributed by atoms with Crippen molar-refractivity contribution < 1.29 is 13.2 Å². The van der Waals surface area contributed by atoms with Gasteiger partial charge in [-0.2, -0.15) is 10.1 Å². The molecule has 2 aromatic heterocycles. The van der Waals surface area contributed by atoms with E-state index in [9.17, 15) is 8.42 Å². The van der Waals surface area contributed by atoms with Gasteiger partial charge in [-0.25, -0.2) is 18.1 Å². The molecule has 0 aliphatic carbocycles. The number of nitrogens with one attached hydrogen (secondary N) is 2. The molecule has 12 heteroatoms. The van der Waals surface area contributed by atoms with Crippen molar-refractivity contribution in [2.75, 3.05) is 35.8 Å². The number of rotatable bonds is 7. The van der Waals surface area contributed by atoms with Crippen LogP contribution in [0.15, 0.2) is 59.8 Å². The predicted octanol–water partition coefficient (Wildman–Crippen LogP) is 4.15.